The summed E-state index contributed by atoms with van der Waals surface area (Å²) < 4.78 is 15.3. The lowest BCUT2D eigenvalue weighted by atomic mass is 10.1. The van der Waals surface area contributed by atoms with Crippen molar-refractivity contribution in [3.8, 4) is 11.3 Å². The van der Waals surface area contributed by atoms with Gasteiger partial charge in [0, 0.05) is 36.7 Å². The molecule has 0 radical (unpaired) electrons. The molecule has 5 heteroatoms. The predicted molar refractivity (Wildman–Crippen MR) is 117 cm³/mol. The van der Waals surface area contributed by atoms with Crippen molar-refractivity contribution in [2.75, 3.05) is 18.0 Å². The average molecular weight is 394 g/mol. The maximum absolute atomic E-state index is 13.2. The van der Waals surface area contributed by atoms with Gasteiger partial charge in [-0.2, -0.15) is 0 Å². The van der Waals surface area contributed by atoms with Crippen LogP contribution >= 0.6 is 0 Å². The Balaban J connectivity index is 1.94. The second-order valence-corrected chi connectivity index (χ2v) is 7.14. The zero-order valence-corrected chi connectivity index (χ0v) is 17.3. The third-order valence-corrected chi connectivity index (χ3v) is 5.46. The van der Waals surface area contributed by atoms with Gasteiger partial charge in [0.1, 0.15) is 5.82 Å². The van der Waals surface area contributed by atoms with Crippen molar-refractivity contribution in [1.82, 2.24) is 4.57 Å². The summed E-state index contributed by atoms with van der Waals surface area (Å²) in [6, 6.07) is 16.8. The predicted octanol–water partition coefficient (Wildman–Crippen LogP) is 4.79. The van der Waals surface area contributed by atoms with Crippen LogP contribution in [0.5, 0.6) is 0 Å². The number of rotatable bonds is 8. The Hall–Kier alpha value is -3.08. The summed E-state index contributed by atoms with van der Waals surface area (Å²) in [6.07, 6.45) is 0.735. The van der Waals surface area contributed by atoms with Crippen LogP contribution < -0.4 is 10.6 Å². The highest BCUT2D eigenvalue weighted by Gasteiger charge is 2.17. The number of carbonyl (C=O) groups excluding carboxylic acids is 1. The molecule has 152 valence electrons. The lowest BCUT2D eigenvalue weighted by Crippen LogP contribution is -2.21. The minimum atomic E-state index is -0.427. The Morgan fingerprint density at radius 1 is 1.03 bits per heavy atom. The summed E-state index contributed by atoms with van der Waals surface area (Å²) in [6.45, 7) is 8.78. The Morgan fingerprint density at radius 2 is 1.66 bits per heavy atom. The van der Waals surface area contributed by atoms with Gasteiger partial charge in [-0.25, -0.2) is 4.39 Å². The number of hydrogen-bond donors (Lipinski definition) is 1. The molecular formula is C24H28FN3O. The van der Waals surface area contributed by atoms with Crippen LogP contribution in [-0.4, -0.2) is 23.6 Å². The van der Waals surface area contributed by atoms with Crippen molar-refractivity contribution in [2.24, 2.45) is 5.73 Å². The molecule has 1 heterocycles. The molecule has 1 aromatic heterocycles. The van der Waals surface area contributed by atoms with Gasteiger partial charge in [0.15, 0.2) is 0 Å². The number of benzene rings is 2. The maximum atomic E-state index is 13.2. The standard InChI is InChI=1S/C24H28FN3O/c1-4-27(5-2)21-12-8-19(9-13-21)23-16-22(24(26)29)17(3)28(23)15-14-18-6-10-20(25)11-7-18/h6-13,16H,4-5,14-15H2,1-3H3,(H2,26,29). The largest absolute Gasteiger partial charge is 0.372 e. The molecule has 0 bridgehead atoms. The van der Waals surface area contributed by atoms with Gasteiger partial charge in [0.25, 0.3) is 5.91 Å². The van der Waals surface area contributed by atoms with E-state index >= 15 is 0 Å². The van der Waals surface area contributed by atoms with Crippen LogP contribution in [0.3, 0.4) is 0 Å². The van der Waals surface area contributed by atoms with Gasteiger partial charge in [0.2, 0.25) is 0 Å². The number of primary amides is 1. The fourth-order valence-electron chi connectivity index (χ4n) is 3.75. The topological polar surface area (TPSA) is 51.3 Å². The molecule has 3 rings (SSSR count). The summed E-state index contributed by atoms with van der Waals surface area (Å²) in [4.78, 5) is 14.2. The minimum absolute atomic E-state index is 0.240. The van der Waals surface area contributed by atoms with E-state index in [1.165, 1.54) is 17.8 Å². The fourth-order valence-corrected chi connectivity index (χ4v) is 3.75. The molecule has 3 aromatic rings. The molecule has 0 atom stereocenters. The zero-order chi connectivity index (χ0) is 21.0. The molecule has 0 aliphatic heterocycles. The van der Waals surface area contributed by atoms with E-state index in [9.17, 15) is 9.18 Å². The number of anilines is 1. The van der Waals surface area contributed by atoms with Gasteiger partial charge < -0.3 is 15.2 Å². The van der Waals surface area contributed by atoms with Crippen molar-refractivity contribution in [2.45, 2.75) is 33.7 Å². The molecule has 4 nitrogen and oxygen atoms in total. The lowest BCUT2D eigenvalue weighted by Gasteiger charge is -2.21. The smallest absolute Gasteiger partial charge is 0.250 e. The van der Waals surface area contributed by atoms with Gasteiger partial charge in [-0.1, -0.05) is 24.3 Å². The number of halogens is 1. The number of aryl methyl sites for hydroxylation is 1. The monoisotopic (exact) mass is 393 g/mol. The lowest BCUT2D eigenvalue weighted by molar-refractivity contribution is 0.0999. The zero-order valence-electron chi connectivity index (χ0n) is 17.3. The summed E-state index contributed by atoms with van der Waals surface area (Å²) in [5, 5.41) is 0. The number of aromatic nitrogens is 1. The summed E-state index contributed by atoms with van der Waals surface area (Å²) >= 11 is 0. The molecule has 2 aromatic carbocycles. The molecule has 29 heavy (non-hydrogen) atoms. The Bertz CT molecular complexity index is 971. The summed E-state index contributed by atoms with van der Waals surface area (Å²) in [7, 11) is 0. The Kier molecular flexibility index (Phi) is 6.37. The maximum Gasteiger partial charge on any atom is 0.250 e. The molecule has 2 N–H and O–H groups in total. The van der Waals surface area contributed by atoms with Gasteiger partial charge in [-0.15, -0.1) is 0 Å². The second kappa shape index (κ2) is 8.95. The Labute approximate surface area is 171 Å². The van der Waals surface area contributed by atoms with Crippen molar-refractivity contribution < 1.29 is 9.18 Å². The minimum Gasteiger partial charge on any atom is -0.372 e. The van der Waals surface area contributed by atoms with Crippen LogP contribution in [0.2, 0.25) is 0 Å². The molecule has 0 saturated carbocycles. The summed E-state index contributed by atoms with van der Waals surface area (Å²) in [5.74, 6) is -0.667. The van der Waals surface area contributed by atoms with Crippen LogP contribution in [-0.2, 0) is 13.0 Å². The van der Waals surface area contributed by atoms with Gasteiger partial charge in [0.05, 0.1) is 5.56 Å². The SMILES string of the molecule is CCN(CC)c1ccc(-c2cc(C(N)=O)c(C)n2CCc2ccc(F)cc2)cc1. The second-order valence-electron chi connectivity index (χ2n) is 7.14. The first-order valence-electron chi connectivity index (χ1n) is 10.0. The first-order chi connectivity index (χ1) is 13.9. The third kappa shape index (κ3) is 4.50. The van der Waals surface area contributed by atoms with E-state index in [0.29, 0.717) is 12.1 Å². The van der Waals surface area contributed by atoms with E-state index in [1.54, 1.807) is 12.1 Å². The average Bonchev–Trinajstić information content (AvgIpc) is 3.05. The number of amides is 1. The van der Waals surface area contributed by atoms with Crippen LogP contribution in [0.4, 0.5) is 10.1 Å². The molecule has 0 aliphatic rings. The van der Waals surface area contributed by atoms with Gasteiger partial charge in [-0.05, 0) is 68.7 Å². The van der Waals surface area contributed by atoms with Crippen LogP contribution in [0.25, 0.3) is 11.3 Å². The number of hydrogen-bond acceptors (Lipinski definition) is 2. The highest BCUT2D eigenvalue weighted by Crippen LogP contribution is 2.28. The van der Waals surface area contributed by atoms with E-state index in [2.05, 4.69) is 47.6 Å². The molecule has 0 fully saturated rings. The number of nitrogens with two attached hydrogens (primary N) is 1. The molecule has 0 unspecified atom stereocenters. The molecule has 1 amide bonds. The van der Waals surface area contributed by atoms with Crippen molar-refractivity contribution >= 4 is 11.6 Å². The Morgan fingerprint density at radius 3 is 2.21 bits per heavy atom. The molecule has 0 spiro atoms. The van der Waals surface area contributed by atoms with Crippen molar-refractivity contribution in [1.29, 1.82) is 0 Å². The number of carbonyl (C=O) groups is 1. The molecular weight excluding hydrogens is 365 g/mol. The molecule has 0 aliphatic carbocycles. The quantitative estimate of drug-likeness (QED) is 0.598. The van der Waals surface area contributed by atoms with Crippen molar-refractivity contribution in [3.63, 3.8) is 0 Å². The highest BCUT2D eigenvalue weighted by atomic mass is 19.1. The van der Waals surface area contributed by atoms with Gasteiger partial charge in [-0.3, -0.25) is 4.79 Å². The van der Waals surface area contributed by atoms with E-state index in [0.717, 1.165) is 42.0 Å². The fraction of sp³-hybridized carbons (Fsp3) is 0.292. The van der Waals surface area contributed by atoms with Crippen LogP contribution in [0, 0.1) is 12.7 Å². The highest BCUT2D eigenvalue weighted by molar-refractivity contribution is 5.95. The van der Waals surface area contributed by atoms with E-state index in [-0.39, 0.29) is 5.82 Å². The normalized spacial score (nSPS) is 10.9. The third-order valence-electron chi connectivity index (χ3n) is 5.46. The van der Waals surface area contributed by atoms with Crippen molar-refractivity contribution in [3.05, 3.63) is 77.2 Å². The van der Waals surface area contributed by atoms with E-state index in [1.807, 2.05) is 13.0 Å². The number of nitrogens with zero attached hydrogens (tertiary/aromatic N) is 2. The van der Waals surface area contributed by atoms with Crippen LogP contribution in [0.15, 0.2) is 54.6 Å². The summed E-state index contributed by atoms with van der Waals surface area (Å²) in [5.41, 5.74) is 11.2. The van der Waals surface area contributed by atoms with Gasteiger partial charge >= 0.3 is 0 Å². The first-order valence-corrected chi connectivity index (χ1v) is 10.0. The van der Waals surface area contributed by atoms with Crippen LogP contribution in [0.1, 0.15) is 35.5 Å². The first kappa shape index (κ1) is 20.6. The van der Waals surface area contributed by atoms with E-state index in [4.69, 9.17) is 5.73 Å². The van der Waals surface area contributed by atoms with E-state index < -0.39 is 5.91 Å². The molecule has 0 saturated heterocycles.